The van der Waals surface area contributed by atoms with Gasteiger partial charge in [0, 0.05) is 16.1 Å². The van der Waals surface area contributed by atoms with E-state index in [-0.39, 0.29) is 11.5 Å². The number of hydrogen-bond donors (Lipinski definition) is 2. The molecular weight excluding hydrogens is 426 g/mol. The number of halogens is 1. The highest BCUT2D eigenvalue weighted by Crippen LogP contribution is 2.33. The highest BCUT2D eigenvalue weighted by molar-refractivity contribution is 9.10. The summed E-state index contributed by atoms with van der Waals surface area (Å²) >= 11 is 3.37. The van der Waals surface area contributed by atoms with Gasteiger partial charge in [0.2, 0.25) is 5.91 Å². The normalized spacial score (nSPS) is 27.5. The summed E-state index contributed by atoms with van der Waals surface area (Å²) in [6, 6.07) is 5.87. The van der Waals surface area contributed by atoms with Crippen molar-refractivity contribution in [1.29, 1.82) is 0 Å². The lowest BCUT2D eigenvalue weighted by Crippen LogP contribution is -2.45. The number of carbonyl (C=O) groups is 3. The van der Waals surface area contributed by atoms with Gasteiger partial charge >= 0.3 is 6.03 Å². The van der Waals surface area contributed by atoms with Crippen LogP contribution in [0.3, 0.4) is 0 Å². The lowest BCUT2D eigenvalue weighted by molar-refractivity contribution is -0.135. The van der Waals surface area contributed by atoms with E-state index < -0.39 is 45.8 Å². The van der Waals surface area contributed by atoms with Crippen LogP contribution in [0.5, 0.6) is 0 Å². The predicted octanol–water partition coefficient (Wildman–Crippen LogP) is 0.519. The van der Waals surface area contributed by atoms with Crippen molar-refractivity contribution in [3.8, 4) is 0 Å². The van der Waals surface area contributed by atoms with Gasteiger partial charge in [0.1, 0.15) is 12.1 Å². The molecule has 3 rings (SSSR count). The Balaban J connectivity index is 1.72. The van der Waals surface area contributed by atoms with E-state index in [4.69, 9.17) is 0 Å². The van der Waals surface area contributed by atoms with Crippen molar-refractivity contribution in [1.82, 2.24) is 15.5 Å². The average Bonchev–Trinajstić information content (AvgIpc) is 2.99. The maximum Gasteiger partial charge on any atom is 0.325 e. The third-order valence-corrected chi connectivity index (χ3v) is 7.05. The van der Waals surface area contributed by atoms with Crippen LogP contribution in [0.4, 0.5) is 4.79 Å². The first kappa shape index (κ1) is 18.8. The van der Waals surface area contributed by atoms with E-state index >= 15 is 0 Å². The fraction of sp³-hybridized carbons (Fsp3) is 0.438. The summed E-state index contributed by atoms with van der Waals surface area (Å²) in [6.45, 7) is 1.12. The molecule has 2 heterocycles. The Labute approximate surface area is 159 Å². The van der Waals surface area contributed by atoms with Crippen LogP contribution in [0.25, 0.3) is 0 Å². The zero-order valence-electron chi connectivity index (χ0n) is 14.0. The maximum atomic E-state index is 12.8. The number of benzene rings is 1. The fourth-order valence-corrected chi connectivity index (χ4v) is 5.57. The molecule has 10 heteroatoms. The van der Waals surface area contributed by atoms with Crippen LogP contribution in [-0.2, 0) is 25.0 Å². The van der Waals surface area contributed by atoms with Gasteiger partial charge in [-0.05, 0) is 19.4 Å². The summed E-state index contributed by atoms with van der Waals surface area (Å²) in [7, 11) is -3.13. The Morgan fingerprint density at radius 1 is 1.38 bits per heavy atom. The van der Waals surface area contributed by atoms with Gasteiger partial charge in [0.25, 0.3) is 5.91 Å². The number of nitrogens with zero attached hydrogens (tertiary/aromatic N) is 1. The SMILES string of the molecule is C[C@]1(c2ccccc2Br)NC(=O)N(CC(=O)N[C@H]2CCS(=O)(=O)C2)C1=O. The standard InChI is InChI=1S/C16H18BrN3O5S/c1-16(11-4-2-3-5-12(11)17)14(22)20(15(23)19-16)8-13(21)18-10-6-7-26(24,25)9-10/h2-5,10H,6-9H2,1H3,(H,18,21)(H,19,23)/t10-,16+/m0/s1. The number of carbonyl (C=O) groups excluding carboxylic acids is 3. The monoisotopic (exact) mass is 443 g/mol. The van der Waals surface area contributed by atoms with Crippen LogP contribution in [0.1, 0.15) is 18.9 Å². The number of amides is 4. The van der Waals surface area contributed by atoms with Crippen LogP contribution < -0.4 is 10.6 Å². The molecule has 140 valence electrons. The molecule has 2 saturated heterocycles. The molecule has 2 aliphatic rings. The van der Waals surface area contributed by atoms with Crippen LogP contribution in [0.2, 0.25) is 0 Å². The lowest BCUT2D eigenvalue weighted by Gasteiger charge is -2.23. The Morgan fingerprint density at radius 3 is 2.69 bits per heavy atom. The molecule has 2 N–H and O–H groups in total. The van der Waals surface area contributed by atoms with E-state index in [1.807, 2.05) is 0 Å². The highest BCUT2D eigenvalue weighted by Gasteiger charge is 2.50. The van der Waals surface area contributed by atoms with E-state index in [1.54, 1.807) is 31.2 Å². The Bertz CT molecular complexity index is 888. The molecule has 26 heavy (non-hydrogen) atoms. The molecular formula is C16H18BrN3O5S. The van der Waals surface area contributed by atoms with E-state index in [1.165, 1.54) is 0 Å². The second-order valence-corrected chi connectivity index (χ2v) is 9.68. The van der Waals surface area contributed by atoms with Gasteiger partial charge in [-0.3, -0.25) is 14.5 Å². The Hall–Kier alpha value is -1.94. The number of sulfone groups is 1. The lowest BCUT2D eigenvalue weighted by atomic mass is 9.92. The number of hydrogen-bond acceptors (Lipinski definition) is 5. The highest BCUT2D eigenvalue weighted by atomic mass is 79.9. The van der Waals surface area contributed by atoms with Crippen LogP contribution >= 0.6 is 15.9 Å². The van der Waals surface area contributed by atoms with Crippen LogP contribution in [0, 0.1) is 0 Å². The molecule has 1 aromatic carbocycles. The second-order valence-electron chi connectivity index (χ2n) is 6.59. The predicted molar refractivity (Wildman–Crippen MR) is 96.9 cm³/mol. The quantitative estimate of drug-likeness (QED) is 0.658. The zero-order chi connectivity index (χ0) is 19.1. The van der Waals surface area contributed by atoms with Gasteiger partial charge in [0.15, 0.2) is 9.84 Å². The minimum Gasteiger partial charge on any atom is -0.351 e. The molecule has 8 nitrogen and oxygen atoms in total. The van der Waals surface area contributed by atoms with Crippen molar-refractivity contribution >= 4 is 43.6 Å². The van der Waals surface area contributed by atoms with E-state index in [2.05, 4.69) is 26.6 Å². The molecule has 2 fully saturated rings. The minimum atomic E-state index is -3.13. The number of imide groups is 1. The van der Waals surface area contributed by atoms with Gasteiger partial charge in [0.05, 0.1) is 11.5 Å². The topological polar surface area (TPSA) is 113 Å². The van der Waals surface area contributed by atoms with Gasteiger partial charge in [-0.25, -0.2) is 13.2 Å². The van der Waals surface area contributed by atoms with Crippen molar-refractivity contribution in [2.45, 2.75) is 24.9 Å². The summed E-state index contributed by atoms with van der Waals surface area (Å²) in [5.74, 6) is -1.19. The molecule has 0 aromatic heterocycles. The average molecular weight is 444 g/mol. The van der Waals surface area contributed by atoms with Crippen LogP contribution in [0.15, 0.2) is 28.7 Å². The Kier molecular flexibility index (Phi) is 4.82. The largest absolute Gasteiger partial charge is 0.351 e. The van der Waals surface area contributed by atoms with Gasteiger partial charge < -0.3 is 10.6 Å². The molecule has 2 atom stereocenters. The summed E-state index contributed by atoms with van der Waals surface area (Å²) in [6.07, 6.45) is 0.336. The van der Waals surface area contributed by atoms with Gasteiger partial charge in [-0.1, -0.05) is 34.1 Å². The summed E-state index contributed by atoms with van der Waals surface area (Å²) in [4.78, 5) is 38.1. The Morgan fingerprint density at radius 2 is 2.08 bits per heavy atom. The summed E-state index contributed by atoms with van der Waals surface area (Å²) < 4.78 is 23.6. The van der Waals surface area contributed by atoms with E-state index in [9.17, 15) is 22.8 Å². The maximum absolute atomic E-state index is 12.8. The molecule has 0 bridgehead atoms. The molecule has 0 unspecified atom stereocenters. The van der Waals surface area contributed by atoms with E-state index in [0.717, 1.165) is 4.90 Å². The summed E-state index contributed by atoms with van der Waals surface area (Å²) in [5.41, 5.74) is -0.697. The molecule has 0 aliphatic carbocycles. The first-order valence-corrected chi connectivity index (χ1v) is 10.6. The van der Waals surface area contributed by atoms with Crippen molar-refractivity contribution < 1.29 is 22.8 Å². The third kappa shape index (κ3) is 3.48. The molecule has 4 amide bonds. The third-order valence-electron chi connectivity index (χ3n) is 4.59. The number of nitrogens with one attached hydrogen (secondary N) is 2. The first-order valence-electron chi connectivity index (χ1n) is 8.01. The van der Waals surface area contributed by atoms with Crippen molar-refractivity contribution in [2.24, 2.45) is 0 Å². The van der Waals surface area contributed by atoms with Crippen molar-refractivity contribution in [3.05, 3.63) is 34.3 Å². The summed E-state index contributed by atoms with van der Waals surface area (Å²) in [5, 5.41) is 5.21. The van der Waals surface area contributed by atoms with Crippen molar-refractivity contribution in [3.63, 3.8) is 0 Å². The first-order chi connectivity index (χ1) is 12.1. The van der Waals surface area contributed by atoms with Crippen LogP contribution in [-0.4, -0.2) is 55.3 Å². The molecule has 0 saturated carbocycles. The molecule has 1 aromatic rings. The fourth-order valence-electron chi connectivity index (χ4n) is 3.22. The zero-order valence-corrected chi connectivity index (χ0v) is 16.4. The van der Waals surface area contributed by atoms with E-state index in [0.29, 0.717) is 16.5 Å². The van der Waals surface area contributed by atoms with Crippen molar-refractivity contribution in [2.75, 3.05) is 18.1 Å². The number of rotatable bonds is 4. The molecule has 0 radical (unpaired) electrons. The van der Waals surface area contributed by atoms with Gasteiger partial charge in [-0.2, -0.15) is 0 Å². The molecule has 2 aliphatic heterocycles. The molecule has 0 spiro atoms. The van der Waals surface area contributed by atoms with Gasteiger partial charge in [-0.15, -0.1) is 0 Å². The second kappa shape index (κ2) is 6.66. The minimum absolute atomic E-state index is 0.0290. The smallest absolute Gasteiger partial charge is 0.325 e. The number of urea groups is 1.